The highest BCUT2D eigenvalue weighted by atomic mass is 16.6. The molecule has 7 heteroatoms. The van der Waals surface area contributed by atoms with Crippen molar-refractivity contribution in [3.63, 3.8) is 0 Å². The third-order valence-electron chi connectivity index (χ3n) is 2.60. The number of rotatable bonds is 5. The van der Waals surface area contributed by atoms with Crippen LogP contribution in [0.2, 0.25) is 0 Å². The van der Waals surface area contributed by atoms with Crippen molar-refractivity contribution < 1.29 is 24.2 Å². The summed E-state index contributed by atoms with van der Waals surface area (Å²) < 4.78 is 10.3. The Balaban J connectivity index is 2.97. The Labute approximate surface area is 129 Å². The molecule has 1 aromatic rings. The van der Waals surface area contributed by atoms with E-state index < -0.39 is 23.7 Å². The predicted octanol–water partition coefficient (Wildman–Crippen LogP) is 2.93. The number of aliphatic carboxylic acids is 1. The monoisotopic (exact) mass is 310 g/mol. The Kier molecular flexibility index (Phi) is 5.62. The van der Waals surface area contributed by atoms with Crippen LogP contribution in [0, 0.1) is 0 Å². The van der Waals surface area contributed by atoms with Gasteiger partial charge in [0, 0.05) is 6.07 Å². The molecule has 1 amide bonds. The van der Waals surface area contributed by atoms with Crippen molar-refractivity contribution >= 4 is 23.4 Å². The molecule has 1 rings (SSSR count). The van der Waals surface area contributed by atoms with Crippen LogP contribution in [0.15, 0.2) is 18.2 Å². The zero-order valence-corrected chi connectivity index (χ0v) is 13.4. The molecule has 0 aliphatic carbocycles. The lowest BCUT2D eigenvalue weighted by Crippen LogP contribution is -2.29. The number of nitrogens with one attached hydrogen (secondary N) is 2. The summed E-state index contributed by atoms with van der Waals surface area (Å²) in [4.78, 5) is 22.8. The van der Waals surface area contributed by atoms with Crippen molar-refractivity contribution in [1.29, 1.82) is 0 Å². The van der Waals surface area contributed by atoms with E-state index in [1.165, 1.54) is 14.0 Å². The Morgan fingerprint density at radius 2 is 1.86 bits per heavy atom. The highest BCUT2D eigenvalue weighted by Crippen LogP contribution is 2.28. The van der Waals surface area contributed by atoms with Crippen molar-refractivity contribution in [3.8, 4) is 5.75 Å². The number of carbonyl (C=O) groups excluding carboxylic acids is 1. The maximum absolute atomic E-state index is 11.8. The highest BCUT2D eigenvalue weighted by molar-refractivity contribution is 5.91. The van der Waals surface area contributed by atoms with E-state index in [1.807, 2.05) is 0 Å². The van der Waals surface area contributed by atoms with Gasteiger partial charge in [0.2, 0.25) is 0 Å². The Morgan fingerprint density at radius 1 is 1.23 bits per heavy atom. The molecule has 22 heavy (non-hydrogen) atoms. The molecule has 0 bridgehead atoms. The van der Waals surface area contributed by atoms with Gasteiger partial charge in [0.05, 0.1) is 18.5 Å². The van der Waals surface area contributed by atoms with Gasteiger partial charge < -0.3 is 19.9 Å². The molecule has 1 unspecified atom stereocenters. The lowest BCUT2D eigenvalue weighted by atomic mass is 10.2. The largest absolute Gasteiger partial charge is 0.497 e. The molecule has 0 aliphatic rings. The zero-order valence-electron chi connectivity index (χ0n) is 13.4. The van der Waals surface area contributed by atoms with Gasteiger partial charge in [0.15, 0.2) is 0 Å². The molecule has 3 N–H and O–H groups in total. The number of carboxylic acids is 1. The standard InChI is InChI=1S/C15H22N2O5/c1-9(13(18)19)16-12-8-10(21-5)6-7-11(12)17-14(20)22-15(2,3)4/h6-9,16H,1-5H3,(H,17,20)(H,18,19). The van der Waals surface area contributed by atoms with E-state index in [0.29, 0.717) is 17.1 Å². The number of benzene rings is 1. The second kappa shape index (κ2) is 7.02. The molecule has 0 aromatic heterocycles. The van der Waals surface area contributed by atoms with Crippen molar-refractivity contribution in [3.05, 3.63) is 18.2 Å². The number of carbonyl (C=O) groups is 2. The van der Waals surface area contributed by atoms with Gasteiger partial charge in [-0.3, -0.25) is 10.1 Å². The maximum Gasteiger partial charge on any atom is 0.412 e. The molecule has 0 radical (unpaired) electrons. The molecule has 1 atom stereocenters. The van der Waals surface area contributed by atoms with E-state index in [2.05, 4.69) is 10.6 Å². The van der Waals surface area contributed by atoms with Crippen LogP contribution < -0.4 is 15.4 Å². The lowest BCUT2D eigenvalue weighted by Gasteiger charge is -2.21. The van der Waals surface area contributed by atoms with Crippen molar-refractivity contribution in [2.24, 2.45) is 0 Å². The minimum atomic E-state index is -1.01. The van der Waals surface area contributed by atoms with Crippen molar-refractivity contribution in [2.75, 3.05) is 17.7 Å². The van der Waals surface area contributed by atoms with Gasteiger partial charge in [0.25, 0.3) is 0 Å². The van der Waals surface area contributed by atoms with Gasteiger partial charge in [-0.05, 0) is 39.8 Å². The van der Waals surface area contributed by atoms with E-state index >= 15 is 0 Å². The summed E-state index contributed by atoms with van der Waals surface area (Å²) in [6.45, 7) is 6.77. The zero-order chi connectivity index (χ0) is 16.9. The number of hydrogen-bond donors (Lipinski definition) is 3. The third-order valence-corrected chi connectivity index (χ3v) is 2.60. The van der Waals surface area contributed by atoms with E-state index in [0.717, 1.165) is 0 Å². The van der Waals surface area contributed by atoms with Gasteiger partial charge in [-0.25, -0.2) is 4.79 Å². The van der Waals surface area contributed by atoms with Crippen LogP contribution in [0.3, 0.4) is 0 Å². The van der Waals surface area contributed by atoms with Crippen LogP contribution in [-0.2, 0) is 9.53 Å². The van der Waals surface area contributed by atoms with Crippen LogP contribution in [0.1, 0.15) is 27.7 Å². The number of methoxy groups -OCH3 is 1. The van der Waals surface area contributed by atoms with E-state index in [9.17, 15) is 9.59 Å². The fraction of sp³-hybridized carbons (Fsp3) is 0.467. The number of carboxylic acid groups (broad SMARTS) is 1. The van der Waals surface area contributed by atoms with Gasteiger partial charge in [-0.1, -0.05) is 0 Å². The van der Waals surface area contributed by atoms with Crippen LogP contribution in [0.5, 0.6) is 5.75 Å². The lowest BCUT2D eigenvalue weighted by molar-refractivity contribution is -0.137. The van der Waals surface area contributed by atoms with Gasteiger partial charge >= 0.3 is 12.1 Å². The third kappa shape index (κ3) is 5.51. The first kappa shape index (κ1) is 17.6. The summed E-state index contributed by atoms with van der Waals surface area (Å²) in [7, 11) is 1.50. The first-order chi connectivity index (χ1) is 10.1. The molecular formula is C15H22N2O5. The van der Waals surface area contributed by atoms with E-state index in [4.69, 9.17) is 14.6 Å². The Morgan fingerprint density at radius 3 is 2.36 bits per heavy atom. The summed E-state index contributed by atoms with van der Waals surface area (Å²) in [5.41, 5.74) is 0.210. The SMILES string of the molecule is COc1ccc(NC(=O)OC(C)(C)C)c(NC(C)C(=O)O)c1. The minimum absolute atomic E-state index is 0.406. The average molecular weight is 310 g/mol. The first-order valence-corrected chi connectivity index (χ1v) is 6.80. The normalized spacial score (nSPS) is 12.2. The van der Waals surface area contributed by atoms with E-state index in [-0.39, 0.29) is 0 Å². The van der Waals surface area contributed by atoms with Crippen molar-refractivity contribution in [2.45, 2.75) is 39.3 Å². The second-order valence-corrected chi connectivity index (χ2v) is 5.74. The maximum atomic E-state index is 11.8. The summed E-state index contributed by atoms with van der Waals surface area (Å²) >= 11 is 0. The molecule has 0 heterocycles. The molecule has 7 nitrogen and oxygen atoms in total. The molecule has 0 saturated heterocycles. The summed E-state index contributed by atoms with van der Waals surface area (Å²) in [5, 5.41) is 14.4. The first-order valence-electron chi connectivity index (χ1n) is 6.80. The molecular weight excluding hydrogens is 288 g/mol. The van der Waals surface area contributed by atoms with E-state index in [1.54, 1.807) is 39.0 Å². The number of hydrogen-bond acceptors (Lipinski definition) is 5. The summed E-state index contributed by atoms with van der Waals surface area (Å²) in [6, 6.07) is 4.04. The molecule has 0 fully saturated rings. The highest BCUT2D eigenvalue weighted by Gasteiger charge is 2.19. The Hall–Kier alpha value is -2.44. The van der Waals surface area contributed by atoms with Gasteiger partial charge in [-0.2, -0.15) is 0 Å². The number of amides is 1. The fourth-order valence-corrected chi connectivity index (χ4v) is 1.59. The topological polar surface area (TPSA) is 96.9 Å². The van der Waals surface area contributed by atoms with Gasteiger partial charge in [0.1, 0.15) is 17.4 Å². The summed E-state index contributed by atoms with van der Waals surface area (Å²) in [6.07, 6.45) is -0.622. The van der Waals surface area contributed by atoms with Crippen LogP contribution >= 0.6 is 0 Å². The Bertz CT molecular complexity index is 551. The average Bonchev–Trinajstić information content (AvgIpc) is 2.38. The summed E-state index contributed by atoms with van der Waals surface area (Å²) in [5.74, 6) is -0.471. The van der Waals surface area contributed by atoms with Gasteiger partial charge in [-0.15, -0.1) is 0 Å². The molecule has 122 valence electrons. The van der Waals surface area contributed by atoms with Crippen LogP contribution in [0.4, 0.5) is 16.2 Å². The number of ether oxygens (including phenoxy) is 2. The smallest absolute Gasteiger partial charge is 0.412 e. The van der Waals surface area contributed by atoms with Crippen LogP contribution in [-0.4, -0.2) is 35.9 Å². The van der Waals surface area contributed by atoms with Crippen LogP contribution in [0.25, 0.3) is 0 Å². The quantitative estimate of drug-likeness (QED) is 0.773. The molecule has 1 aromatic carbocycles. The number of anilines is 2. The minimum Gasteiger partial charge on any atom is -0.497 e. The second-order valence-electron chi connectivity index (χ2n) is 5.74. The van der Waals surface area contributed by atoms with Crippen molar-refractivity contribution in [1.82, 2.24) is 0 Å². The predicted molar refractivity (Wildman–Crippen MR) is 83.6 cm³/mol. The molecule has 0 spiro atoms. The fourth-order valence-electron chi connectivity index (χ4n) is 1.59. The molecule has 0 aliphatic heterocycles. The molecule has 0 saturated carbocycles.